The van der Waals surface area contributed by atoms with Crippen LogP contribution in [-0.2, 0) is 14.3 Å². The number of hydrogen-bond donors (Lipinski definition) is 1. The van der Waals surface area contributed by atoms with Crippen LogP contribution in [0.3, 0.4) is 0 Å². The molecule has 0 bridgehead atoms. The van der Waals surface area contributed by atoms with E-state index in [1.165, 1.54) is 19.0 Å². The summed E-state index contributed by atoms with van der Waals surface area (Å²) in [6.45, 7) is 3.33. The van der Waals surface area contributed by atoms with E-state index in [1.54, 1.807) is 25.1 Å². The standard InChI is InChI=1S/C15H17ClN2O5/c1-4-23-13(19)10-8-15(2,14(20)21)18(17-10)11-7-9(16)5-6-12(11)22-3/h5-7H,4,8H2,1-3H3,(H,20,21)/t15-/m1/s1. The molecule has 23 heavy (non-hydrogen) atoms. The molecular formula is C15H17ClN2O5. The Morgan fingerprint density at radius 1 is 1.48 bits per heavy atom. The van der Waals surface area contributed by atoms with Crippen LogP contribution >= 0.6 is 11.6 Å². The second-order valence-electron chi connectivity index (χ2n) is 5.15. The Balaban J connectivity index is 2.53. The number of hydrazone groups is 1. The van der Waals surface area contributed by atoms with E-state index in [0.717, 1.165) is 0 Å². The van der Waals surface area contributed by atoms with Crippen molar-refractivity contribution in [3.63, 3.8) is 0 Å². The number of nitrogens with zero attached hydrogens (tertiary/aromatic N) is 2. The van der Waals surface area contributed by atoms with Gasteiger partial charge in [-0.1, -0.05) is 11.6 Å². The van der Waals surface area contributed by atoms with E-state index in [-0.39, 0.29) is 18.7 Å². The van der Waals surface area contributed by atoms with Gasteiger partial charge in [0.25, 0.3) is 0 Å². The van der Waals surface area contributed by atoms with Crippen molar-refractivity contribution in [2.75, 3.05) is 18.7 Å². The summed E-state index contributed by atoms with van der Waals surface area (Å²) >= 11 is 6.00. The minimum absolute atomic E-state index is 0.0405. The third kappa shape index (κ3) is 3.10. The summed E-state index contributed by atoms with van der Waals surface area (Å²) in [5.41, 5.74) is -1.04. The number of carbonyl (C=O) groups excluding carboxylic acids is 1. The first kappa shape index (κ1) is 17.1. The lowest BCUT2D eigenvalue weighted by atomic mass is 9.95. The Labute approximate surface area is 138 Å². The summed E-state index contributed by atoms with van der Waals surface area (Å²) in [7, 11) is 1.46. The zero-order valence-corrected chi connectivity index (χ0v) is 13.8. The predicted octanol–water partition coefficient (Wildman–Crippen LogP) is 2.32. The van der Waals surface area contributed by atoms with E-state index in [0.29, 0.717) is 16.5 Å². The van der Waals surface area contributed by atoms with Crippen LogP contribution in [0.25, 0.3) is 0 Å². The van der Waals surface area contributed by atoms with Gasteiger partial charge in [-0.15, -0.1) is 0 Å². The number of hydrogen-bond acceptors (Lipinski definition) is 6. The molecule has 0 radical (unpaired) electrons. The van der Waals surface area contributed by atoms with Gasteiger partial charge in [0.1, 0.15) is 17.1 Å². The molecule has 1 aliphatic heterocycles. The van der Waals surface area contributed by atoms with Crippen molar-refractivity contribution >= 4 is 34.9 Å². The number of carboxylic acid groups (broad SMARTS) is 1. The van der Waals surface area contributed by atoms with Crippen LogP contribution in [-0.4, -0.2) is 42.0 Å². The molecule has 1 heterocycles. The lowest BCUT2D eigenvalue weighted by Gasteiger charge is -2.31. The number of rotatable bonds is 5. The first-order chi connectivity index (χ1) is 10.8. The number of halogens is 1. The highest BCUT2D eigenvalue weighted by Gasteiger charge is 2.49. The quantitative estimate of drug-likeness (QED) is 0.827. The summed E-state index contributed by atoms with van der Waals surface area (Å²) in [4.78, 5) is 23.7. The van der Waals surface area contributed by atoms with Crippen LogP contribution in [0.2, 0.25) is 5.02 Å². The van der Waals surface area contributed by atoms with Gasteiger partial charge in [-0.2, -0.15) is 5.10 Å². The van der Waals surface area contributed by atoms with Crippen LogP contribution in [0.1, 0.15) is 20.3 Å². The molecule has 1 aliphatic rings. The molecule has 1 aromatic rings. The molecule has 124 valence electrons. The SMILES string of the molecule is CCOC(=O)C1=NN(c2cc(Cl)ccc2OC)[C@@](C)(C(=O)O)C1. The van der Waals surface area contributed by atoms with Crippen molar-refractivity contribution in [2.24, 2.45) is 5.10 Å². The lowest BCUT2D eigenvalue weighted by molar-refractivity contribution is -0.142. The van der Waals surface area contributed by atoms with Crippen LogP contribution in [0.15, 0.2) is 23.3 Å². The molecule has 0 aliphatic carbocycles. The van der Waals surface area contributed by atoms with Gasteiger partial charge in [0.2, 0.25) is 0 Å². The summed E-state index contributed by atoms with van der Waals surface area (Å²) in [5.74, 6) is -1.36. The van der Waals surface area contributed by atoms with Crippen molar-refractivity contribution in [1.29, 1.82) is 0 Å². The minimum Gasteiger partial charge on any atom is -0.495 e. The Morgan fingerprint density at radius 2 is 2.17 bits per heavy atom. The highest BCUT2D eigenvalue weighted by molar-refractivity contribution is 6.38. The van der Waals surface area contributed by atoms with Crippen molar-refractivity contribution in [3.05, 3.63) is 23.2 Å². The van der Waals surface area contributed by atoms with Crippen LogP contribution in [0.4, 0.5) is 5.69 Å². The first-order valence-electron chi connectivity index (χ1n) is 6.95. The molecule has 1 N–H and O–H groups in total. The predicted molar refractivity (Wildman–Crippen MR) is 85.2 cm³/mol. The van der Waals surface area contributed by atoms with E-state index >= 15 is 0 Å². The number of ether oxygens (including phenoxy) is 2. The number of methoxy groups -OCH3 is 1. The Hall–Kier alpha value is -2.28. The van der Waals surface area contributed by atoms with Crippen molar-refractivity contribution in [2.45, 2.75) is 25.8 Å². The van der Waals surface area contributed by atoms with Crippen LogP contribution < -0.4 is 9.75 Å². The van der Waals surface area contributed by atoms with Gasteiger partial charge >= 0.3 is 11.9 Å². The van der Waals surface area contributed by atoms with Gasteiger partial charge < -0.3 is 14.6 Å². The van der Waals surface area contributed by atoms with E-state index in [2.05, 4.69) is 5.10 Å². The largest absolute Gasteiger partial charge is 0.495 e. The second-order valence-corrected chi connectivity index (χ2v) is 5.59. The van der Waals surface area contributed by atoms with Gasteiger partial charge in [0.05, 0.1) is 13.7 Å². The molecule has 1 atom stereocenters. The van der Waals surface area contributed by atoms with E-state index in [1.807, 2.05) is 0 Å². The fourth-order valence-corrected chi connectivity index (χ4v) is 2.48. The molecule has 0 saturated carbocycles. The zero-order chi connectivity index (χ0) is 17.2. The third-order valence-corrected chi connectivity index (χ3v) is 3.78. The van der Waals surface area contributed by atoms with E-state index in [9.17, 15) is 14.7 Å². The highest BCUT2D eigenvalue weighted by atomic mass is 35.5. The van der Waals surface area contributed by atoms with Gasteiger partial charge in [-0.25, -0.2) is 14.6 Å². The smallest absolute Gasteiger partial charge is 0.354 e. The van der Waals surface area contributed by atoms with Crippen LogP contribution in [0, 0.1) is 0 Å². The van der Waals surface area contributed by atoms with E-state index in [4.69, 9.17) is 21.1 Å². The molecule has 1 aromatic carbocycles. The second kappa shape index (κ2) is 6.45. The average molecular weight is 341 g/mol. The van der Waals surface area contributed by atoms with E-state index < -0.39 is 17.5 Å². The topological polar surface area (TPSA) is 88.4 Å². The average Bonchev–Trinajstić information content (AvgIpc) is 2.87. The van der Waals surface area contributed by atoms with Gasteiger partial charge in [0.15, 0.2) is 5.54 Å². The number of anilines is 1. The first-order valence-corrected chi connectivity index (χ1v) is 7.33. The Kier molecular flexibility index (Phi) is 4.79. The Bertz CT molecular complexity index is 676. The summed E-state index contributed by atoms with van der Waals surface area (Å²) in [6.07, 6.45) is -0.0865. The maximum Gasteiger partial charge on any atom is 0.354 e. The molecule has 7 nitrogen and oxygen atoms in total. The van der Waals surface area contributed by atoms with Crippen molar-refractivity contribution in [3.8, 4) is 5.75 Å². The number of aliphatic carboxylic acids is 1. The molecule has 0 spiro atoms. The monoisotopic (exact) mass is 340 g/mol. The summed E-state index contributed by atoms with van der Waals surface area (Å²) in [6, 6.07) is 4.77. The molecule has 0 aromatic heterocycles. The molecule has 2 rings (SSSR count). The Morgan fingerprint density at radius 3 is 2.74 bits per heavy atom. The number of carbonyl (C=O) groups is 2. The molecule has 0 saturated heterocycles. The highest BCUT2D eigenvalue weighted by Crippen LogP contribution is 2.40. The van der Waals surface area contributed by atoms with Gasteiger partial charge in [-0.3, -0.25) is 0 Å². The minimum atomic E-state index is -1.44. The van der Waals surface area contributed by atoms with Crippen LogP contribution in [0.5, 0.6) is 5.75 Å². The molecule has 0 unspecified atom stereocenters. The maximum absolute atomic E-state index is 11.9. The fourth-order valence-electron chi connectivity index (χ4n) is 2.31. The van der Waals surface area contributed by atoms with Crippen molar-refractivity contribution in [1.82, 2.24) is 0 Å². The third-order valence-electron chi connectivity index (χ3n) is 3.54. The number of carboxylic acids is 1. The summed E-state index contributed by atoms with van der Waals surface area (Å²) in [5, 5.41) is 15.4. The van der Waals surface area contributed by atoms with Crippen molar-refractivity contribution < 1.29 is 24.2 Å². The van der Waals surface area contributed by atoms with Gasteiger partial charge in [0, 0.05) is 11.4 Å². The summed E-state index contributed by atoms with van der Waals surface area (Å²) < 4.78 is 10.2. The number of esters is 1. The molecule has 0 amide bonds. The number of benzene rings is 1. The molecule has 0 fully saturated rings. The molecule has 8 heteroatoms. The normalized spacial score (nSPS) is 20.2. The van der Waals surface area contributed by atoms with Gasteiger partial charge in [-0.05, 0) is 32.0 Å². The lowest BCUT2D eigenvalue weighted by Crippen LogP contribution is -2.47. The zero-order valence-electron chi connectivity index (χ0n) is 13.0. The maximum atomic E-state index is 11.9. The fraction of sp³-hybridized carbons (Fsp3) is 0.400. The molecular weight excluding hydrogens is 324 g/mol.